The van der Waals surface area contributed by atoms with Crippen molar-refractivity contribution in [2.24, 2.45) is 13.0 Å². The van der Waals surface area contributed by atoms with Crippen molar-refractivity contribution >= 4 is 50.3 Å². The fourth-order valence-electron chi connectivity index (χ4n) is 6.98. The van der Waals surface area contributed by atoms with Crippen molar-refractivity contribution in [3.05, 3.63) is 58.1 Å². The highest BCUT2D eigenvalue weighted by Crippen LogP contribution is 2.46. The number of aliphatic hydroxyl groups is 1. The van der Waals surface area contributed by atoms with Gasteiger partial charge in [-0.3, -0.25) is 9.69 Å². The number of H-pyrrole nitrogens is 1. The summed E-state index contributed by atoms with van der Waals surface area (Å²) in [7, 11) is 3.24. The number of hydrogen-bond donors (Lipinski definition) is 4. The molecular formula is C30H29F2N7O4. The maximum Gasteiger partial charge on any atom is 0.341 e. The summed E-state index contributed by atoms with van der Waals surface area (Å²) < 4.78 is 32.1. The molecule has 0 unspecified atom stereocenters. The number of pyridine rings is 3. The number of carboxylic acid groups (broad SMARTS) is 1. The number of carboxylic acids is 1. The summed E-state index contributed by atoms with van der Waals surface area (Å²) in [5.41, 5.74) is 2.04. The maximum absolute atomic E-state index is 15.7. The lowest BCUT2D eigenvalue weighted by Gasteiger charge is -2.27. The minimum Gasteiger partial charge on any atom is -0.477 e. The van der Waals surface area contributed by atoms with Gasteiger partial charge in [-0.1, -0.05) is 0 Å². The molecule has 6 heterocycles. The largest absolute Gasteiger partial charge is 0.477 e. The van der Waals surface area contributed by atoms with Crippen molar-refractivity contribution in [2.75, 3.05) is 50.1 Å². The number of nitrogens with one attached hydrogen (secondary N) is 2. The summed E-state index contributed by atoms with van der Waals surface area (Å²) >= 11 is 0. The van der Waals surface area contributed by atoms with E-state index < -0.39 is 23.0 Å². The standard InChI is InChI=1S/C30H29F2N7O4/c1-33-20-8-19(31)24(32)22-23-26(39-11-14-3-4-38(5-6-40)21(14)13-39)17(10-34-28(23)36-25(20)22)15-7-16-27(41)18(30(42)43)12-37(2)29(16)35-9-15/h7-10,12,14,21,33,40H,3-6,11,13H2,1-2H3,(H,34,36)(H,42,43)/t14-,21+/m0/s1. The Morgan fingerprint density at radius 2 is 2.00 bits per heavy atom. The predicted molar refractivity (Wildman–Crippen MR) is 159 cm³/mol. The number of halogens is 2. The molecule has 11 nitrogen and oxygen atoms in total. The second-order valence-corrected chi connectivity index (χ2v) is 11.3. The van der Waals surface area contributed by atoms with Crippen molar-refractivity contribution in [1.82, 2.24) is 24.4 Å². The summed E-state index contributed by atoms with van der Waals surface area (Å²) in [5, 5.41) is 22.7. The molecule has 1 aromatic carbocycles. The zero-order valence-corrected chi connectivity index (χ0v) is 23.5. The molecule has 2 saturated heterocycles. The lowest BCUT2D eigenvalue weighted by Crippen LogP contribution is -2.37. The van der Waals surface area contributed by atoms with Crippen LogP contribution >= 0.6 is 0 Å². The molecule has 0 bridgehead atoms. The first-order chi connectivity index (χ1) is 20.7. The van der Waals surface area contributed by atoms with Crippen LogP contribution in [0.3, 0.4) is 0 Å². The monoisotopic (exact) mass is 589 g/mol. The number of benzene rings is 1. The normalized spacial score (nSPS) is 18.8. The molecule has 2 aliphatic rings. The van der Waals surface area contributed by atoms with E-state index in [1.807, 2.05) is 0 Å². The molecule has 2 fully saturated rings. The van der Waals surface area contributed by atoms with E-state index in [2.05, 4.69) is 30.1 Å². The second kappa shape index (κ2) is 9.99. The van der Waals surface area contributed by atoms with Gasteiger partial charge in [-0.15, -0.1) is 0 Å². The van der Waals surface area contributed by atoms with Crippen LogP contribution in [0.1, 0.15) is 16.8 Å². The molecular weight excluding hydrogens is 560 g/mol. The van der Waals surface area contributed by atoms with Crippen LogP contribution in [0.15, 0.2) is 35.5 Å². The zero-order valence-electron chi connectivity index (χ0n) is 23.5. The lowest BCUT2D eigenvalue weighted by molar-refractivity contribution is 0.0695. The molecule has 222 valence electrons. The Bertz CT molecular complexity index is 2020. The van der Waals surface area contributed by atoms with E-state index in [9.17, 15) is 24.2 Å². The molecule has 4 aromatic heterocycles. The van der Waals surface area contributed by atoms with Crippen molar-refractivity contribution in [1.29, 1.82) is 0 Å². The van der Waals surface area contributed by atoms with E-state index in [-0.39, 0.29) is 29.0 Å². The number of aromatic amines is 1. The quantitative estimate of drug-likeness (QED) is 0.235. The number of aromatic carboxylic acids is 1. The van der Waals surface area contributed by atoms with Crippen LogP contribution in [0.25, 0.3) is 44.1 Å². The number of nitrogens with zero attached hydrogens (tertiary/aromatic N) is 5. The van der Waals surface area contributed by atoms with Gasteiger partial charge >= 0.3 is 5.97 Å². The Morgan fingerprint density at radius 1 is 1.19 bits per heavy atom. The molecule has 43 heavy (non-hydrogen) atoms. The van der Waals surface area contributed by atoms with Crippen LogP contribution in [0.4, 0.5) is 20.2 Å². The first-order valence-electron chi connectivity index (χ1n) is 14.0. The van der Waals surface area contributed by atoms with Gasteiger partial charge < -0.3 is 30.0 Å². The number of anilines is 2. The third kappa shape index (κ3) is 4.06. The Morgan fingerprint density at radius 3 is 2.74 bits per heavy atom. The highest BCUT2D eigenvalue weighted by molar-refractivity contribution is 6.18. The van der Waals surface area contributed by atoms with Gasteiger partial charge in [0.05, 0.1) is 39.7 Å². The minimum absolute atomic E-state index is 0.0454. The van der Waals surface area contributed by atoms with Crippen LogP contribution in [0.2, 0.25) is 0 Å². The highest BCUT2D eigenvalue weighted by Gasteiger charge is 2.42. The average molecular weight is 590 g/mol. The van der Waals surface area contributed by atoms with Crippen LogP contribution in [-0.4, -0.2) is 86.5 Å². The van der Waals surface area contributed by atoms with Gasteiger partial charge in [-0.25, -0.2) is 23.5 Å². The first-order valence-corrected chi connectivity index (χ1v) is 14.0. The van der Waals surface area contributed by atoms with Crippen LogP contribution in [-0.2, 0) is 7.05 Å². The number of likely N-dealkylation sites (tertiary alicyclic amines) is 1. The molecule has 0 spiro atoms. The van der Waals surface area contributed by atoms with E-state index in [4.69, 9.17) is 0 Å². The number of aryl methyl sites for hydroxylation is 1. The van der Waals surface area contributed by atoms with Crippen LogP contribution in [0.5, 0.6) is 0 Å². The number of hydrogen-bond acceptors (Lipinski definition) is 8. The first kappa shape index (κ1) is 27.2. The Labute approximate surface area is 243 Å². The number of fused-ring (bicyclic) bond motifs is 5. The lowest BCUT2D eigenvalue weighted by atomic mass is 10.0. The number of carbonyl (C=O) groups is 1. The fraction of sp³-hybridized carbons (Fsp3) is 0.333. The number of aliphatic hydroxyl groups excluding tert-OH is 1. The molecule has 0 aliphatic carbocycles. The van der Waals surface area contributed by atoms with Crippen molar-refractivity contribution in [3.63, 3.8) is 0 Å². The van der Waals surface area contributed by atoms with Crippen molar-refractivity contribution in [2.45, 2.75) is 12.5 Å². The van der Waals surface area contributed by atoms with E-state index in [0.29, 0.717) is 70.3 Å². The van der Waals surface area contributed by atoms with Gasteiger partial charge in [0.1, 0.15) is 16.9 Å². The summed E-state index contributed by atoms with van der Waals surface area (Å²) in [4.78, 5) is 41.6. The number of β-amino-alcohol motifs (C(OH)–C–C–N with tert-alkyl or cyclic N) is 1. The molecule has 0 saturated carbocycles. The van der Waals surface area contributed by atoms with Gasteiger partial charge in [0.2, 0.25) is 5.43 Å². The zero-order chi connectivity index (χ0) is 30.2. The smallest absolute Gasteiger partial charge is 0.341 e. The van der Waals surface area contributed by atoms with E-state index in [1.54, 1.807) is 32.6 Å². The van der Waals surface area contributed by atoms with E-state index in [0.717, 1.165) is 19.0 Å². The molecule has 7 rings (SSSR count). The van der Waals surface area contributed by atoms with Crippen LogP contribution < -0.4 is 15.6 Å². The average Bonchev–Trinajstić information content (AvgIpc) is 3.70. The Balaban J connectivity index is 1.52. The van der Waals surface area contributed by atoms with Crippen LogP contribution in [0, 0.1) is 17.6 Å². The van der Waals surface area contributed by atoms with Crippen molar-refractivity contribution < 1.29 is 23.8 Å². The molecule has 4 N–H and O–H groups in total. The van der Waals surface area contributed by atoms with Gasteiger partial charge in [-0.2, -0.15) is 0 Å². The summed E-state index contributed by atoms with van der Waals surface area (Å²) in [6.45, 7) is 2.71. The van der Waals surface area contributed by atoms with Gasteiger partial charge in [-0.05, 0) is 24.9 Å². The molecule has 2 aliphatic heterocycles. The van der Waals surface area contributed by atoms with E-state index >= 15 is 4.39 Å². The summed E-state index contributed by atoms with van der Waals surface area (Å²) in [6, 6.07) is 2.86. The van der Waals surface area contributed by atoms with Gasteiger partial charge in [0.25, 0.3) is 0 Å². The second-order valence-electron chi connectivity index (χ2n) is 11.3. The van der Waals surface area contributed by atoms with E-state index in [1.165, 1.54) is 10.8 Å². The fourth-order valence-corrected chi connectivity index (χ4v) is 6.98. The maximum atomic E-state index is 15.7. The van der Waals surface area contributed by atoms with Gasteiger partial charge in [0.15, 0.2) is 11.6 Å². The van der Waals surface area contributed by atoms with Crippen molar-refractivity contribution in [3.8, 4) is 11.1 Å². The highest BCUT2D eigenvalue weighted by atomic mass is 19.2. The molecule has 2 atom stereocenters. The number of rotatable bonds is 6. The Kier molecular flexibility index (Phi) is 6.32. The molecule has 5 aromatic rings. The third-order valence-electron chi connectivity index (χ3n) is 8.95. The Hall–Kier alpha value is -4.62. The minimum atomic E-state index is -1.34. The molecule has 0 radical (unpaired) electrons. The number of aromatic nitrogens is 4. The third-order valence-corrected chi connectivity index (χ3v) is 8.95. The van der Waals surface area contributed by atoms with Gasteiger partial charge in [0, 0.05) is 75.6 Å². The summed E-state index contributed by atoms with van der Waals surface area (Å²) in [6.07, 6.45) is 5.38. The topological polar surface area (TPSA) is 140 Å². The molecule has 0 amide bonds. The SMILES string of the molecule is CNc1cc(F)c(F)c2c1[nH]c1ncc(-c3cnc4c(c3)c(=O)c(C(=O)O)cn4C)c(N3C[C@@H]4CCN(CCO)[C@@H]4C3)c12. The summed E-state index contributed by atoms with van der Waals surface area (Å²) in [5.74, 6) is -3.04. The molecule has 13 heteroatoms. The predicted octanol–water partition coefficient (Wildman–Crippen LogP) is 3.15.